The predicted octanol–water partition coefficient (Wildman–Crippen LogP) is 16.4. The van der Waals surface area contributed by atoms with Gasteiger partial charge in [-0.15, -0.1) is 0 Å². The van der Waals surface area contributed by atoms with E-state index >= 15 is 0 Å². The average molecular weight is 776 g/mol. The third-order valence-corrected chi connectivity index (χ3v) is 12.3. The largest absolute Gasteiger partial charge is 0.455 e. The van der Waals surface area contributed by atoms with Crippen molar-refractivity contribution in [1.82, 2.24) is 4.98 Å². The number of benzene rings is 10. The van der Waals surface area contributed by atoms with Crippen LogP contribution >= 0.6 is 0 Å². The summed E-state index contributed by atoms with van der Waals surface area (Å²) in [5.74, 6) is 0. The van der Waals surface area contributed by atoms with Crippen LogP contribution in [0.5, 0.6) is 0 Å². The quantitative estimate of drug-likeness (QED) is 0.157. The number of pyridine rings is 1. The summed E-state index contributed by atoms with van der Waals surface area (Å²) in [6.07, 6.45) is 0. The topological polar surface area (TPSA) is 26.0 Å². The molecule has 0 atom stereocenters. The molecule has 0 radical (unpaired) electrons. The monoisotopic (exact) mass is 775 g/mol. The molecular weight excluding hydrogens is 739 g/mol. The first-order chi connectivity index (χ1) is 30.2. The fraction of sp³-hybridized carbons (Fsp3) is 0. The zero-order valence-electron chi connectivity index (χ0n) is 33.2. The second-order valence-corrected chi connectivity index (χ2v) is 15.9. The van der Waals surface area contributed by atoms with Crippen LogP contribution in [0, 0.1) is 0 Å². The molecule has 0 saturated carbocycles. The first kappa shape index (κ1) is 34.9. The van der Waals surface area contributed by atoms with E-state index in [0.29, 0.717) is 0 Å². The number of hydrogen-bond acceptors (Lipinski definition) is 2. The van der Waals surface area contributed by atoms with Crippen LogP contribution in [0.1, 0.15) is 0 Å². The summed E-state index contributed by atoms with van der Waals surface area (Å²) in [6, 6.07) is 80.5. The van der Waals surface area contributed by atoms with E-state index in [4.69, 9.17) is 9.40 Å². The Morgan fingerprint density at radius 3 is 1.38 bits per heavy atom. The highest BCUT2D eigenvalue weighted by Gasteiger charge is 2.15. The SMILES string of the molecule is c1ccc(-c2cc(-c3cccc(-c4ccc(-c5cccc(-c6cccc7c6oc6ccccc67)c5)cc4)c3)cc(-c3ccc4c5ccccc5c5ccccc5c4c3)n2)cc1. The van der Waals surface area contributed by atoms with Crippen molar-refractivity contribution in [1.29, 1.82) is 0 Å². The standard InChI is InChI=1S/C59H37NO/c1-2-13-40(14-3-1)56-36-46(37-57(60-56)45-31-32-52-50-21-5-4-19-48(50)49-20-6-7-22-51(49)55(52)35-45)43-17-10-15-41(33-43)38-27-29-39(30-28-38)42-16-11-18-44(34-42)47-24-12-25-54-53-23-8-9-26-58(53)61-59(47)54/h1-37H. The van der Waals surface area contributed by atoms with Crippen LogP contribution in [0.25, 0.3) is 121 Å². The molecule has 284 valence electrons. The van der Waals surface area contributed by atoms with Gasteiger partial charge in [0.15, 0.2) is 0 Å². The van der Waals surface area contributed by atoms with Gasteiger partial charge in [0.05, 0.1) is 11.4 Å². The van der Waals surface area contributed by atoms with Crippen molar-refractivity contribution < 1.29 is 4.42 Å². The molecule has 0 amide bonds. The summed E-state index contributed by atoms with van der Waals surface area (Å²) in [5, 5.41) is 9.84. The van der Waals surface area contributed by atoms with Gasteiger partial charge in [0.1, 0.15) is 11.2 Å². The molecule has 12 rings (SSSR count). The summed E-state index contributed by atoms with van der Waals surface area (Å²) in [7, 11) is 0. The number of fused-ring (bicyclic) bond motifs is 9. The van der Waals surface area contributed by atoms with E-state index in [-0.39, 0.29) is 0 Å². The minimum Gasteiger partial charge on any atom is -0.455 e. The van der Waals surface area contributed by atoms with Crippen molar-refractivity contribution in [2.45, 2.75) is 0 Å². The minimum absolute atomic E-state index is 0.912. The molecule has 10 aromatic carbocycles. The van der Waals surface area contributed by atoms with Gasteiger partial charge in [-0.2, -0.15) is 0 Å². The van der Waals surface area contributed by atoms with Crippen molar-refractivity contribution >= 4 is 54.3 Å². The lowest BCUT2D eigenvalue weighted by Gasteiger charge is -2.14. The molecule has 0 unspecified atom stereocenters. The van der Waals surface area contributed by atoms with Gasteiger partial charge in [-0.05, 0) is 108 Å². The summed E-state index contributed by atoms with van der Waals surface area (Å²) >= 11 is 0. The molecule has 12 aromatic rings. The number of aromatic nitrogens is 1. The Balaban J connectivity index is 0.911. The second-order valence-electron chi connectivity index (χ2n) is 15.9. The zero-order valence-corrected chi connectivity index (χ0v) is 33.2. The molecule has 0 saturated heterocycles. The van der Waals surface area contributed by atoms with Gasteiger partial charge in [0.25, 0.3) is 0 Å². The van der Waals surface area contributed by atoms with Crippen molar-refractivity contribution in [2.24, 2.45) is 0 Å². The summed E-state index contributed by atoms with van der Waals surface area (Å²) in [6.45, 7) is 0. The highest BCUT2D eigenvalue weighted by atomic mass is 16.3. The normalized spacial score (nSPS) is 11.6. The molecule has 2 heterocycles. The van der Waals surface area contributed by atoms with E-state index in [2.05, 4.69) is 212 Å². The van der Waals surface area contributed by atoms with Gasteiger partial charge in [-0.3, -0.25) is 0 Å². The molecule has 2 aromatic heterocycles. The molecule has 0 bridgehead atoms. The van der Waals surface area contributed by atoms with Gasteiger partial charge in [-0.25, -0.2) is 4.98 Å². The van der Waals surface area contributed by atoms with E-state index < -0.39 is 0 Å². The molecule has 0 aliphatic carbocycles. The van der Waals surface area contributed by atoms with Crippen LogP contribution in [-0.4, -0.2) is 4.98 Å². The third-order valence-electron chi connectivity index (χ3n) is 12.3. The first-order valence-electron chi connectivity index (χ1n) is 20.8. The average Bonchev–Trinajstić information content (AvgIpc) is 3.73. The maximum absolute atomic E-state index is 6.39. The van der Waals surface area contributed by atoms with Gasteiger partial charge in [0, 0.05) is 27.5 Å². The lowest BCUT2D eigenvalue weighted by molar-refractivity contribution is 0.670. The molecule has 0 aliphatic rings. The van der Waals surface area contributed by atoms with Gasteiger partial charge < -0.3 is 4.42 Å². The summed E-state index contributed by atoms with van der Waals surface area (Å²) in [4.78, 5) is 5.31. The van der Waals surface area contributed by atoms with Crippen LogP contribution < -0.4 is 0 Å². The summed E-state index contributed by atoms with van der Waals surface area (Å²) < 4.78 is 6.39. The fourth-order valence-corrected chi connectivity index (χ4v) is 9.24. The number of hydrogen-bond donors (Lipinski definition) is 0. The molecule has 0 fully saturated rings. The second kappa shape index (κ2) is 14.3. The Morgan fingerprint density at radius 2 is 0.705 bits per heavy atom. The van der Waals surface area contributed by atoms with Gasteiger partial charge in [0.2, 0.25) is 0 Å². The Bertz CT molecular complexity index is 3600. The molecule has 0 spiro atoms. The number of para-hydroxylation sites is 2. The van der Waals surface area contributed by atoms with E-state index in [9.17, 15) is 0 Å². The van der Waals surface area contributed by atoms with Crippen LogP contribution in [0.3, 0.4) is 0 Å². The van der Waals surface area contributed by atoms with Crippen molar-refractivity contribution in [3.63, 3.8) is 0 Å². The summed E-state index contributed by atoms with van der Waals surface area (Å²) in [5.41, 5.74) is 15.1. The van der Waals surface area contributed by atoms with Crippen molar-refractivity contribution in [3.8, 4) is 67.0 Å². The molecule has 2 nitrogen and oxygen atoms in total. The number of nitrogens with zero attached hydrogens (tertiary/aromatic N) is 1. The molecule has 61 heavy (non-hydrogen) atoms. The van der Waals surface area contributed by atoms with Crippen LogP contribution in [0.2, 0.25) is 0 Å². The zero-order chi connectivity index (χ0) is 40.3. The smallest absolute Gasteiger partial charge is 0.143 e. The Labute approximate surface area is 353 Å². The lowest BCUT2D eigenvalue weighted by atomic mass is 9.92. The Kier molecular flexibility index (Phi) is 8.21. The van der Waals surface area contributed by atoms with E-state index in [0.717, 1.165) is 72.3 Å². The van der Waals surface area contributed by atoms with E-state index in [1.807, 2.05) is 12.1 Å². The van der Waals surface area contributed by atoms with Crippen molar-refractivity contribution in [3.05, 3.63) is 224 Å². The van der Waals surface area contributed by atoms with E-state index in [1.54, 1.807) is 0 Å². The fourth-order valence-electron chi connectivity index (χ4n) is 9.24. The molecule has 0 N–H and O–H groups in total. The first-order valence-corrected chi connectivity index (χ1v) is 20.8. The Hall–Kier alpha value is -8.07. The highest BCUT2D eigenvalue weighted by molar-refractivity contribution is 6.25. The molecule has 0 aliphatic heterocycles. The van der Waals surface area contributed by atoms with Crippen LogP contribution in [0.15, 0.2) is 229 Å². The predicted molar refractivity (Wildman–Crippen MR) is 257 cm³/mol. The maximum atomic E-state index is 6.39. The van der Waals surface area contributed by atoms with Gasteiger partial charge >= 0.3 is 0 Å². The Morgan fingerprint density at radius 1 is 0.246 bits per heavy atom. The number of rotatable bonds is 6. The molecular formula is C59H37NO. The molecule has 2 heteroatoms. The van der Waals surface area contributed by atoms with Crippen LogP contribution in [0.4, 0.5) is 0 Å². The van der Waals surface area contributed by atoms with Crippen LogP contribution in [-0.2, 0) is 0 Å². The van der Waals surface area contributed by atoms with Crippen molar-refractivity contribution in [2.75, 3.05) is 0 Å². The third kappa shape index (κ3) is 6.08. The van der Waals surface area contributed by atoms with Gasteiger partial charge in [-0.1, -0.05) is 188 Å². The highest BCUT2D eigenvalue weighted by Crippen LogP contribution is 2.40. The number of furan rings is 1. The lowest BCUT2D eigenvalue weighted by Crippen LogP contribution is -1.92. The maximum Gasteiger partial charge on any atom is 0.143 e. The van der Waals surface area contributed by atoms with E-state index in [1.165, 1.54) is 49.0 Å². The minimum atomic E-state index is 0.912.